The number of likely N-dealkylation sites (N-methyl/N-ethyl adjacent to an activating group) is 1. The van der Waals surface area contributed by atoms with Gasteiger partial charge in [-0.15, -0.1) is 0 Å². The minimum absolute atomic E-state index is 0.0603. The summed E-state index contributed by atoms with van der Waals surface area (Å²) in [6.07, 6.45) is 0. The van der Waals surface area contributed by atoms with Gasteiger partial charge in [0.15, 0.2) is 0 Å². The van der Waals surface area contributed by atoms with Gasteiger partial charge in [-0.1, -0.05) is 6.92 Å². The smallest absolute Gasteiger partial charge is 0.242 e. The van der Waals surface area contributed by atoms with Crippen molar-refractivity contribution in [3.05, 3.63) is 0 Å². The summed E-state index contributed by atoms with van der Waals surface area (Å²) in [5.41, 5.74) is 5.08. The highest BCUT2D eigenvalue weighted by Gasteiger charge is 2.32. The van der Waals surface area contributed by atoms with Gasteiger partial charge in [0.1, 0.15) is 0 Å². The maximum Gasteiger partial charge on any atom is 0.242 e. The lowest BCUT2D eigenvalue weighted by molar-refractivity contribution is -0.138. The highest BCUT2D eigenvalue weighted by molar-refractivity contribution is 5.85. The van der Waals surface area contributed by atoms with Gasteiger partial charge in [0.25, 0.3) is 0 Å². The molecule has 1 amide bonds. The quantitative estimate of drug-likeness (QED) is 0.716. The van der Waals surface area contributed by atoms with E-state index in [1.807, 2.05) is 4.90 Å². The fraction of sp³-hybridized carbons (Fsp3) is 0.909. The van der Waals surface area contributed by atoms with Gasteiger partial charge < -0.3 is 10.6 Å². The van der Waals surface area contributed by atoms with Gasteiger partial charge in [-0.05, 0) is 27.3 Å². The third-order valence-corrected chi connectivity index (χ3v) is 3.01. The minimum atomic E-state index is -0.742. The van der Waals surface area contributed by atoms with Crippen LogP contribution in [0.3, 0.4) is 0 Å². The molecule has 1 atom stereocenters. The second-order valence-electron chi connectivity index (χ2n) is 4.95. The molecule has 4 nitrogen and oxygen atoms in total. The average molecular weight is 213 g/mol. The van der Waals surface area contributed by atoms with Crippen molar-refractivity contribution in [3.63, 3.8) is 0 Å². The van der Waals surface area contributed by atoms with Crippen LogP contribution < -0.4 is 5.73 Å². The molecule has 2 N–H and O–H groups in total. The van der Waals surface area contributed by atoms with Crippen molar-refractivity contribution >= 4 is 5.91 Å². The van der Waals surface area contributed by atoms with Crippen molar-refractivity contribution in [2.24, 2.45) is 5.73 Å². The fourth-order valence-electron chi connectivity index (χ4n) is 2.06. The van der Waals surface area contributed by atoms with E-state index in [1.54, 1.807) is 13.8 Å². The first-order chi connectivity index (χ1) is 6.86. The molecule has 0 aromatic carbocycles. The maximum absolute atomic E-state index is 11.9. The molecule has 1 unspecified atom stereocenters. The molecule has 88 valence electrons. The van der Waals surface area contributed by atoms with Crippen LogP contribution in [0.5, 0.6) is 0 Å². The van der Waals surface area contributed by atoms with Gasteiger partial charge in [-0.25, -0.2) is 0 Å². The molecular formula is C11H23N3O. The first-order valence-corrected chi connectivity index (χ1v) is 5.68. The molecule has 0 aromatic heterocycles. The molecule has 1 rings (SSSR count). The second kappa shape index (κ2) is 4.49. The van der Waals surface area contributed by atoms with E-state index >= 15 is 0 Å². The molecule has 1 aliphatic rings. The molecule has 15 heavy (non-hydrogen) atoms. The minimum Gasteiger partial charge on any atom is -0.338 e. The number of nitrogens with two attached hydrogens (primary N) is 1. The Labute approximate surface area is 92.4 Å². The van der Waals surface area contributed by atoms with Crippen LogP contribution in [0.2, 0.25) is 0 Å². The van der Waals surface area contributed by atoms with Gasteiger partial charge in [0.2, 0.25) is 5.91 Å². The summed E-state index contributed by atoms with van der Waals surface area (Å²) in [7, 11) is 0. The number of carbonyl (C=O) groups is 1. The third kappa shape index (κ3) is 2.92. The molecule has 1 fully saturated rings. The van der Waals surface area contributed by atoms with Crippen LogP contribution in [0.4, 0.5) is 0 Å². The predicted molar refractivity (Wildman–Crippen MR) is 61.6 cm³/mol. The number of nitrogens with zero attached hydrogens (tertiary/aromatic N) is 2. The Morgan fingerprint density at radius 3 is 2.47 bits per heavy atom. The lowest BCUT2D eigenvalue weighted by Crippen LogP contribution is -2.59. The summed E-state index contributed by atoms with van der Waals surface area (Å²) in [4.78, 5) is 16.2. The molecule has 0 saturated carbocycles. The number of carbonyl (C=O) groups excluding carboxylic acids is 1. The molecule has 0 radical (unpaired) electrons. The summed E-state index contributed by atoms with van der Waals surface area (Å²) >= 11 is 0. The van der Waals surface area contributed by atoms with Gasteiger partial charge in [-0.2, -0.15) is 0 Å². The Morgan fingerprint density at radius 1 is 1.47 bits per heavy atom. The number of rotatable bonds is 2. The number of hydrogen-bond acceptors (Lipinski definition) is 3. The number of hydrogen-bond donors (Lipinski definition) is 1. The number of amides is 1. The van der Waals surface area contributed by atoms with E-state index in [2.05, 4.69) is 18.7 Å². The Hall–Kier alpha value is -0.610. The van der Waals surface area contributed by atoms with Crippen LogP contribution in [0.15, 0.2) is 0 Å². The van der Waals surface area contributed by atoms with E-state index in [4.69, 9.17) is 5.73 Å². The second-order valence-corrected chi connectivity index (χ2v) is 4.95. The van der Waals surface area contributed by atoms with Crippen LogP contribution in [-0.2, 0) is 4.79 Å². The summed E-state index contributed by atoms with van der Waals surface area (Å²) in [6, 6.07) is 0.440. The van der Waals surface area contributed by atoms with Crippen molar-refractivity contribution in [3.8, 4) is 0 Å². The SMILES string of the molecule is CCN1CCN(C(=O)C(C)(C)N)CC1C. The zero-order valence-electron chi connectivity index (χ0n) is 10.3. The maximum atomic E-state index is 11.9. The molecule has 0 spiro atoms. The Balaban J connectivity index is 2.58. The van der Waals surface area contributed by atoms with Crippen molar-refractivity contribution in [2.45, 2.75) is 39.3 Å². The van der Waals surface area contributed by atoms with Crippen LogP contribution in [0.1, 0.15) is 27.7 Å². The van der Waals surface area contributed by atoms with Gasteiger partial charge >= 0.3 is 0 Å². The first-order valence-electron chi connectivity index (χ1n) is 5.68. The van der Waals surface area contributed by atoms with E-state index in [0.29, 0.717) is 6.04 Å². The van der Waals surface area contributed by atoms with E-state index in [-0.39, 0.29) is 5.91 Å². The van der Waals surface area contributed by atoms with Crippen molar-refractivity contribution < 1.29 is 4.79 Å². The zero-order valence-corrected chi connectivity index (χ0v) is 10.3. The highest BCUT2D eigenvalue weighted by atomic mass is 16.2. The molecule has 0 aliphatic carbocycles. The highest BCUT2D eigenvalue weighted by Crippen LogP contribution is 2.12. The average Bonchev–Trinajstić information content (AvgIpc) is 2.15. The number of piperazine rings is 1. The van der Waals surface area contributed by atoms with E-state index < -0.39 is 5.54 Å². The molecule has 0 bridgehead atoms. The van der Waals surface area contributed by atoms with Gasteiger partial charge in [-0.3, -0.25) is 9.69 Å². The van der Waals surface area contributed by atoms with Gasteiger partial charge in [0.05, 0.1) is 5.54 Å². The fourth-order valence-corrected chi connectivity index (χ4v) is 2.06. The standard InChI is InChI=1S/C11H23N3O/c1-5-13-6-7-14(8-9(13)2)10(15)11(3,4)12/h9H,5-8,12H2,1-4H3. The monoisotopic (exact) mass is 213 g/mol. The zero-order chi connectivity index (χ0) is 11.6. The van der Waals surface area contributed by atoms with Crippen LogP contribution in [0.25, 0.3) is 0 Å². The Bertz CT molecular complexity index is 234. The Kier molecular flexibility index (Phi) is 3.73. The van der Waals surface area contributed by atoms with E-state index in [0.717, 1.165) is 26.2 Å². The largest absolute Gasteiger partial charge is 0.338 e. The summed E-state index contributed by atoms with van der Waals surface area (Å²) in [6.45, 7) is 11.5. The Morgan fingerprint density at radius 2 is 2.07 bits per heavy atom. The molecule has 0 aromatic rings. The lowest BCUT2D eigenvalue weighted by Gasteiger charge is -2.41. The first kappa shape index (κ1) is 12.5. The van der Waals surface area contributed by atoms with Gasteiger partial charge in [0, 0.05) is 25.7 Å². The third-order valence-electron chi connectivity index (χ3n) is 3.01. The van der Waals surface area contributed by atoms with Crippen LogP contribution in [0, 0.1) is 0 Å². The van der Waals surface area contributed by atoms with Crippen molar-refractivity contribution in [2.75, 3.05) is 26.2 Å². The predicted octanol–water partition coefficient (Wildman–Crippen LogP) is 0.276. The van der Waals surface area contributed by atoms with Crippen molar-refractivity contribution in [1.82, 2.24) is 9.80 Å². The molecule has 1 heterocycles. The van der Waals surface area contributed by atoms with E-state index in [9.17, 15) is 4.79 Å². The molecule has 1 saturated heterocycles. The van der Waals surface area contributed by atoms with Crippen LogP contribution >= 0.6 is 0 Å². The normalized spacial score (nSPS) is 24.3. The summed E-state index contributed by atoms with van der Waals surface area (Å²) < 4.78 is 0. The van der Waals surface area contributed by atoms with Crippen LogP contribution in [-0.4, -0.2) is 53.5 Å². The van der Waals surface area contributed by atoms with Crippen molar-refractivity contribution in [1.29, 1.82) is 0 Å². The molecular weight excluding hydrogens is 190 g/mol. The molecule has 1 aliphatic heterocycles. The molecule has 4 heteroatoms. The summed E-state index contributed by atoms with van der Waals surface area (Å²) in [5.74, 6) is 0.0603. The topological polar surface area (TPSA) is 49.6 Å². The summed E-state index contributed by atoms with van der Waals surface area (Å²) in [5, 5.41) is 0. The van der Waals surface area contributed by atoms with E-state index in [1.165, 1.54) is 0 Å². The lowest BCUT2D eigenvalue weighted by atomic mass is 10.0.